The molecule has 2 amide bonds. The highest BCUT2D eigenvalue weighted by molar-refractivity contribution is 5.74. The second-order valence-electron chi connectivity index (χ2n) is 7.47. The monoisotopic (exact) mass is 350 g/mol. The standard InChI is InChI=1S/C22H26N2O2/c1-26-21-10-6-5-9-17(21)13-23-22(25)24-14-19-11-18(12-20(19)15-24)16-7-3-2-4-8-16/h2-10,18-20H,11-15H2,1H3,(H,23,25)/t18-,19-,20+. The van der Waals surface area contributed by atoms with E-state index >= 15 is 0 Å². The zero-order valence-electron chi connectivity index (χ0n) is 15.2. The minimum absolute atomic E-state index is 0.0431. The number of nitrogens with one attached hydrogen (secondary N) is 1. The smallest absolute Gasteiger partial charge is 0.317 e. The largest absolute Gasteiger partial charge is 0.496 e. The lowest BCUT2D eigenvalue weighted by atomic mass is 9.96. The van der Waals surface area contributed by atoms with Crippen LogP contribution in [0.3, 0.4) is 0 Å². The molecule has 0 aromatic heterocycles. The lowest BCUT2D eigenvalue weighted by Crippen LogP contribution is -2.38. The molecular formula is C22H26N2O2. The number of nitrogens with zero attached hydrogens (tertiary/aromatic N) is 1. The lowest BCUT2D eigenvalue weighted by Gasteiger charge is -2.20. The first kappa shape index (κ1) is 17.0. The van der Waals surface area contributed by atoms with Crippen molar-refractivity contribution in [3.63, 3.8) is 0 Å². The van der Waals surface area contributed by atoms with Gasteiger partial charge < -0.3 is 15.0 Å². The Kier molecular flexibility index (Phi) is 4.83. The molecule has 1 aliphatic carbocycles. The van der Waals surface area contributed by atoms with Crippen molar-refractivity contribution in [2.24, 2.45) is 11.8 Å². The van der Waals surface area contributed by atoms with E-state index in [1.165, 1.54) is 18.4 Å². The summed E-state index contributed by atoms with van der Waals surface area (Å²) in [7, 11) is 1.66. The molecule has 2 aliphatic rings. The molecule has 1 saturated carbocycles. The number of carbonyl (C=O) groups excluding carboxylic acids is 1. The van der Waals surface area contributed by atoms with Crippen LogP contribution in [0.25, 0.3) is 0 Å². The summed E-state index contributed by atoms with van der Waals surface area (Å²) in [5.74, 6) is 2.75. The van der Waals surface area contributed by atoms with Gasteiger partial charge in [-0.15, -0.1) is 0 Å². The quantitative estimate of drug-likeness (QED) is 0.904. The molecule has 1 heterocycles. The lowest BCUT2D eigenvalue weighted by molar-refractivity contribution is 0.204. The summed E-state index contributed by atoms with van der Waals surface area (Å²) in [5, 5.41) is 3.05. The van der Waals surface area contributed by atoms with Crippen LogP contribution in [0, 0.1) is 11.8 Å². The van der Waals surface area contributed by atoms with E-state index in [2.05, 4.69) is 35.6 Å². The predicted octanol–water partition coefficient (Wildman–Crippen LogP) is 4.03. The summed E-state index contributed by atoms with van der Waals surface area (Å²) >= 11 is 0. The van der Waals surface area contributed by atoms with Gasteiger partial charge in [-0.25, -0.2) is 4.79 Å². The Morgan fingerprint density at radius 1 is 1.04 bits per heavy atom. The van der Waals surface area contributed by atoms with Crippen molar-refractivity contribution in [3.05, 3.63) is 65.7 Å². The van der Waals surface area contributed by atoms with Crippen LogP contribution >= 0.6 is 0 Å². The predicted molar refractivity (Wildman–Crippen MR) is 102 cm³/mol. The maximum absolute atomic E-state index is 12.6. The topological polar surface area (TPSA) is 41.6 Å². The second kappa shape index (κ2) is 7.40. The van der Waals surface area contributed by atoms with Gasteiger partial charge in [0.2, 0.25) is 0 Å². The Bertz CT molecular complexity index is 748. The van der Waals surface area contributed by atoms with E-state index in [1.54, 1.807) is 7.11 Å². The van der Waals surface area contributed by atoms with E-state index in [0.29, 0.717) is 24.3 Å². The van der Waals surface area contributed by atoms with Gasteiger partial charge in [0.15, 0.2) is 0 Å². The number of benzene rings is 2. The van der Waals surface area contributed by atoms with Crippen LogP contribution in [0.2, 0.25) is 0 Å². The average molecular weight is 350 g/mol. The number of para-hydroxylation sites is 1. The molecule has 1 saturated heterocycles. The fourth-order valence-electron chi connectivity index (χ4n) is 4.59. The van der Waals surface area contributed by atoms with Crippen molar-refractivity contribution in [3.8, 4) is 5.75 Å². The number of methoxy groups -OCH3 is 1. The first-order valence-electron chi connectivity index (χ1n) is 9.44. The molecule has 1 aliphatic heterocycles. The van der Waals surface area contributed by atoms with Gasteiger partial charge in [-0.1, -0.05) is 48.5 Å². The van der Waals surface area contributed by atoms with Crippen LogP contribution in [0.5, 0.6) is 5.75 Å². The van der Waals surface area contributed by atoms with Crippen LogP contribution in [0.4, 0.5) is 4.79 Å². The molecule has 136 valence electrons. The number of ether oxygens (including phenoxy) is 1. The number of rotatable bonds is 4. The maximum Gasteiger partial charge on any atom is 0.317 e. The van der Waals surface area contributed by atoms with Gasteiger partial charge >= 0.3 is 6.03 Å². The van der Waals surface area contributed by atoms with Crippen LogP contribution in [-0.2, 0) is 6.54 Å². The molecule has 0 bridgehead atoms. The van der Waals surface area contributed by atoms with Gasteiger partial charge in [-0.05, 0) is 42.2 Å². The van der Waals surface area contributed by atoms with E-state index in [0.717, 1.165) is 24.4 Å². The number of carbonyl (C=O) groups is 1. The van der Waals surface area contributed by atoms with Gasteiger partial charge in [0.05, 0.1) is 7.11 Å². The van der Waals surface area contributed by atoms with E-state index in [9.17, 15) is 4.79 Å². The summed E-state index contributed by atoms with van der Waals surface area (Å²) in [6, 6.07) is 18.7. The summed E-state index contributed by atoms with van der Waals surface area (Å²) in [4.78, 5) is 14.6. The molecule has 3 atom stereocenters. The Balaban J connectivity index is 1.31. The van der Waals surface area contributed by atoms with Crippen molar-refractivity contribution in [2.45, 2.75) is 25.3 Å². The van der Waals surface area contributed by atoms with Crippen LogP contribution in [0.1, 0.15) is 29.9 Å². The highest BCUT2D eigenvalue weighted by Gasteiger charge is 2.42. The fourth-order valence-corrected chi connectivity index (χ4v) is 4.59. The molecule has 2 fully saturated rings. The second-order valence-corrected chi connectivity index (χ2v) is 7.47. The van der Waals surface area contributed by atoms with Crippen molar-refractivity contribution in [1.29, 1.82) is 0 Å². The first-order valence-corrected chi connectivity index (χ1v) is 9.44. The van der Waals surface area contributed by atoms with Crippen LogP contribution in [0.15, 0.2) is 54.6 Å². The Hall–Kier alpha value is -2.49. The zero-order chi connectivity index (χ0) is 17.9. The van der Waals surface area contributed by atoms with E-state index in [1.807, 2.05) is 29.2 Å². The van der Waals surface area contributed by atoms with Crippen molar-refractivity contribution in [2.75, 3.05) is 20.2 Å². The van der Waals surface area contributed by atoms with E-state index in [-0.39, 0.29) is 6.03 Å². The SMILES string of the molecule is COc1ccccc1CNC(=O)N1C[C@H]2C[C@@H](c3ccccc3)C[C@H]2C1. The van der Waals surface area contributed by atoms with Crippen molar-refractivity contribution in [1.82, 2.24) is 10.2 Å². The fraction of sp³-hybridized carbons (Fsp3) is 0.409. The zero-order valence-corrected chi connectivity index (χ0v) is 15.2. The molecule has 0 radical (unpaired) electrons. The number of hydrogen-bond acceptors (Lipinski definition) is 2. The first-order chi connectivity index (χ1) is 12.7. The van der Waals surface area contributed by atoms with Crippen LogP contribution < -0.4 is 10.1 Å². The van der Waals surface area contributed by atoms with Gasteiger partial charge in [-0.3, -0.25) is 0 Å². The molecular weight excluding hydrogens is 324 g/mol. The number of likely N-dealkylation sites (tertiary alicyclic amines) is 1. The summed E-state index contributed by atoms with van der Waals surface area (Å²) in [5.41, 5.74) is 2.46. The van der Waals surface area contributed by atoms with Gasteiger partial charge in [0.1, 0.15) is 5.75 Å². The van der Waals surface area contributed by atoms with Gasteiger partial charge in [-0.2, -0.15) is 0 Å². The molecule has 4 nitrogen and oxygen atoms in total. The minimum Gasteiger partial charge on any atom is -0.496 e. The normalized spacial score (nSPS) is 24.3. The van der Waals surface area contributed by atoms with Crippen molar-refractivity contribution >= 4 is 6.03 Å². The summed E-state index contributed by atoms with van der Waals surface area (Å²) in [6.07, 6.45) is 2.40. The van der Waals surface area contributed by atoms with E-state index in [4.69, 9.17) is 4.74 Å². The molecule has 1 N–H and O–H groups in total. The minimum atomic E-state index is 0.0431. The molecule has 4 heteroatoms. The van der Waals surface area contributed by atoms with E-state index < -0.39 is 0 Å². The Labute approximate surface area is 155 Å². The number of amides is 2. The molecule has 26 heavy (non-hydrogen) atoms. The Morgan fingerprint density at radius 3 is 2.38 bits per heavy atom. The molecule has 0 spiro atoms. The highest BCUT2D eigenvalue weighted by Crippen LogP contribution is 2.46. The van der Waals surface area contributed by atoms with Gasteiger partial charge in [0.25, 0.3) is 0 Å². The summed E-state index contributed by atoms with van der Waals surface area (Å²) < 4.78 is 5.35. The third-order valence-electron chi connectivity index (χ3n) is 5.93. The molecule has 2 aromatic carbocycles. The molecule has 4 rings (SSSR count). The average Bonchev–Trinajstić information content (AvgIpc) is 3.26. The molecule has 0 unspecified atom stereocenters. The third kappa shape index (κ3) is 3.41. The maximum atomic E-state index is 12.6. The third-order valence-corrected chi connectivity index (χ3v) is 5.93. The number of urea groups is 1. The molecule has 2 aromatic rings. The highest BCUT2D eigenvalue weighted by atomic mass is 16.5. The number of hydrogen-bond donors (Lipinski definition) is 1. The van der Waals surface area contributed by atoms with Gasteiger partial charge in [0, 0.05) is 25.2 Å². The Morgan fingerprint density at radius 2 is 1.69 bits per heavy atom. The number of fused-ring (bicyclic) bond motifs is 1. The van der Waals surface area contributed by atoms with Crippen LogP contribution in [-0.4, -0.2) is 31.1 Å². The van der Waals surface area contributed by atoms with Crippen molar-refractivity contribution < 1.29 is 9.53 Å². The summed E-state index contributed by atoms with van der Waals surface area (Å²) in [6.45, 7) is 2.26.